The van der Waals surface area contributed by atoms with E-state index in [2.05, 4.69) is 192 Å². The number of para-hydroxylation sites is 2. The molecule has 2 heterocycles. The topological polar surface area (TPSA) is 25.7 Å². The van der Waals surface area contributed by atoms with E-state index in [0.717, 1.165) is 55.8 Å². The van der Waals surface area contributed by atoms with Crippen LogP contribution in [-0.2, 0) is 5.41 Å². The minimum absolute atomic E-state index is 0.428. The molecule has 0 saturated heterocycles. The lowest BCUT2D eigenvalue weighted by molar-refractivity contribution is 0.660. The molecule has 0 amide bonds. The number of benzene rings is 8. The molecule has 11 rings (SSSR count). The average molecular weight is 770 g/mol. The number of aromatic nitrogens is 1. The molecule has 0 aliphatic heterocycles. The van der Waals surface area contributed by atoms with E-state index in [9.17, 15) is 0 Å². The number of fused-ring (bicyclic) bond motifs is 6. The van der Waals surface area contributed by atoms with E-state index in [1.165, 1.54) is 44.8 Å². The van der Waals surface area contributed by atoms with E-state index in [-0.39, 0.29) is 0 Å². The van der Waals surface area contributed by atoms with Crippen molar-refractivity contribution in [3.8, 4) is 50.5 Å². The second kappa shape index (κ2) is 13.9. The summed E-state index contributed by atoms with van der Waals surface area (Å²) in [6, 6.07) is 70.8. The predicted molar refractivity (Wildman–Crippen MR) is 248 cm³/mol. The van der Waals surface area contributed by atoms with Gasteiger partial charge in [0.1, 0.15) is 11.2 Å². The Morgan fingerprint density at radius 1 is 0.500 bits per heavy atom. The lowest BCUT2D eigenvalue weighted by Gasteiger charge is -2.33. The van der Waals surface area contributed by atoms with Crippen LogP contribution in [0, 0.1) is 6.57 Å². The van der Waals surface area contributed by atoms with Crippen molar-refractivity contribution in [2.75, 3.05) is 4.90 Å². The number of nitrogens with zero attached hydrogens (tertiary/aromatic N) is 3. The van der Waals surface area contributed by atoms with E-state index < -0.39 is 5.41 Å². The van der Waals surface area contributed by atoms with E-state index in [4.69, 9.17) is 11.0 Å². The quantitative estimate of drug-likeness (QED) is 0.151. The molecular formula is C56H39N3O. The number of hydrogen-bond donors (Lipinski definition) is 0. The standard InChI is InChI=1S/C56H39N3O/c1-56(2)52-47(51-53(56)55(40-18-9-5-10-19-40)59(42-20-11-6-12-21-42)54(51)39-16-7-4-8-17-39)23-15-24-48(52)58(43-32-28-38(29-33-43)37-26-30-41(57-3)31-27-37)44-34-35-46-45-22-13-14-25-49(45)60-50(46)36-44/h4-36H,1-2H3. The molecule has 4 heteroatoms. The Bertz CT molecular complexity index is 3260. The first kappa shape index (κ1) is 35.3. The largest absolute Gasteiger partial charge is 0.456 e. The molecule has 2 aromatic heterocycles. The van der Waals surface area contributed by atoms with Crippen molar-refractivity contribution >= 4 is 44.7 Å². The van der Waals surface area contributed by atoms with Gasteiger partial charge in [0.05, 0.1) is 23.6 Å². The molecule has 1 aliphatic carbocycles. The van der Waals surface area contributed by atoms with Crippen LogP contribution in [0.2, 0.25) is 0 Å². The van der Waals surface area contributed by atoms with Crippen molar-refractivity contribution in [1.82, 2.24) is 4.57 Å². The molecule has 1 aliphatic rings. The molecule has 0 spiro atoms. The maximum absolute atomic E-state index is 7.42. The summed E-state index contributed by atoms with van der Waals surface area (Å²) in [6.45, 7) is 12.2. The minimum Gasteiger partial charge on any atom is -0.456 e. The predicted octanol–water partition coefficient (Wildman–Crippen LogP) is 15.7. The van der Waals surface area contributed by atoms with Gasteiger partial charge in [-0.2, -0.15) is 0 Å². The van der Waals surface area contributed by atoms with Gasteiger partial charge >= 0.3 is 0 Å². The van der Waals surface area contributed by atoms with Crippen molar-refractivity contribution in [3.63, 3.8) is 0 Å². The summed E-state index contributed by atoms with van der Waals surface area (Å²) in [5.74, 6) is 0. The smallest absolute Gasteiger partial charge is 0.187 e. The molecule has 0 atom stereocenters. The fraction of sp³-hybridized carbons (Fsp3) is 0.0536. The Kier molecular flexibility index (Phi) is 8.18. The lowest BCUT2D eigenvalue weighted by atomic mass is 9.79. The number of rotatable bonds is 7. The Morgan fingerprint density at radius 2 is 1.08 bits per heavy atom. The summed E-state index contributed by atoms with van der Waals surface area (Å²) in [6.07, 6.45) is 0. The second-order valence-electron chi connectivity index (χ2n) is 16.0. The van der Waals surface area contributed by atoms with Crippen LogP contribution in [0.3, 0.4) is 0 Å². The van der Waals surface area contributed by atoms with Crippen LogP contribution in [0.15, 0.2) is 205 Å². The van der Waals surface area contributed by atoms with Crippen LogP contribution in [0.25, 0.3) is 77.2 Å². The highest BCUT2D eigenvalue weighted by molar-refractivity contribution is 6.07. The summed E-state index contributed by atoms with van der Waals surface area (Å²) in [7, 11) is 0. The zero-order chi connectivity index (χ0) is 40.4. The van der Waals surface area contributed by atoms with Crippen LogP contribution in [0.5, 0.6) is 0 Å². The molecule has 0 unspecified atom stereocenters. The van der Waals surface area contributed by atoms with Gasteiger partial charge < -0.3 is 13.9 Å². The summed E-state index contributed by atoms with van der Waals surface area (Å²) in [5, 5.41) is 2.20. The monoisotopic (exact) mass is 769 g/mol. The number of anilines is 3. The molecule has 8 aromatic carbocycles. The zero-order valence-corrected chi connectivity index (χ0v) is 33.3. The van der Waals surface area contributed by atoms with Crippen molar-refractivity contribution in [3.05, 3.63) is 223 Å². The van der Waals surface area contributed by atoms with E-state index in [1.54, 1.807) is 0 Å². The Hall–Kier alpha value is -7.87. The molecule has 60 heavy (non-hydrogen) atoms. The van der Waals surface area contributed by atoms with Gasteiger partial charge in [0.25, 0.3) is 0 Å². The van der Waals surface area contributed by atoms with Gasteiger partial charge in [-0.1, -0.05) is 159 Å². The highest BCUT2D eigenvalue weighted by atomic mass is 16.3. The average Bonchev–Trinajstić information content (AvgIpc) is 3.94. The van der Waals surface area contributed by atoms with Crippen molar-refractivity contribution in [2.45, 2.75) is 19.3 Å². The minimum atomic E-state index is -0.428. The zero-order valence-electron chi connectivity index (χ0n) is 33.3. The van der Waals surface area contributed by atoms with E-state index >= 15 is 0 Å². The molecule has 4 nitrogen and oxygen atoms in total. The van der Waals surface area contributed by atoms with Gasteiger partial charge in [0.2, 0.25) is 0 Å². The first-order valence-electron chi connectivity index (χ1n) is 20.4. The maximum atomic E-state index is 7.42. The van der Waals surface area contributed by atoms with Gasteiger partial charge in [-0.15, -0.1) is 0 Å². The number of furan rings is 1. The third-order valence-electron chi connectivity index (χ3n) is 12.2. The highest BCUT2D eigenvalue weighted by Gasteiger charge is 2.45. The first-order chi connectivity index (χ1) is 29.5. The molecule has 0 fully saturated rings. The maximum Gasteiger partial charge on any atom is 0.187 e. The third kappa shape index (κ3) is 5.51. The third-order valence-corrected chi connectivity index (χ3v) is 12.2. The van der Waals surface area contributed by atoms with Crippen molar-refractivity contribution < 1.29 is 4.42 Å². The molecule has 0 bridgehead atoms. The summed E-state index contributed by atoms with van der Waals surface area (Å²) >= 11 is 0. The van der Waals surface area contributed by atoms with Gasteiger partial charge in [-0.25, -0.2) is 4.85 Å². The van der Waals surface area contributed by atoms with Crippen LogP contribution in [0.4, 0.5) is 22.7 Å². The van der Waals surface area contributed by atoms with Crippen LogP contribution >= 0.6 is 0 Å². The fourth-order valence-corrected chi connectivity index (χ4v) is 9.55. The Balaban J connectivity index is 1.18. The molecule has 0 N–H and O–H groups in total. The van der Waals surface area contributed by atoms with Crippen LogP contribution in [0.1, 0.15) is 25.0 Å². The van der Waals surface area contributed by atoms with E-state index in [0.29, 0.717) is 5.69 Å². The van der Waals surface area contributed by atoms with Gasteiger partial charge in [-0.3, -0.25) is 0 Å². The Morgan fingerprint density at radius 3 is 1.77 bits per heavy atom. The Labute approximate surface area is 349 Å². The van der Waals surface area contributed by atoms with Gasteiger partial charge in [-0.05, 0) is 87.5 Å². The SMILES string of the molecule is [C-]#[N+]c1ccc(-c2ccc(N(c3ccc4c(c3)oc3ccccc34)c3cccc4c3C(C)(C)c3c-4c(-c4ccccc4)n(-c4ccccc4)c3-c3ccccc3)cc2)cc1. The van der Waals surface area contributed by atoms with Gasteiger partial charge in [0, 0.05) is 44.9 Å². The normalized spacial score (nSPS) is 12.6. The summed E-state index contributed by atoms with van der Waals surface area (Å²) in [4.78, 5) is 6.00. The molecule has 284 valence electrons. The summed E-state index contributed by atoms with van der Waals surface area (Å²) in [5.41, 5.74) is 18.2. The van der Waals surface area contributed by atoms with Crippen molar-refractivity contribution in [2.24, 2.45) is 0 Å². The second-order valence-corrected chi connectivity index (χ2v) is 16.0. The molecule has 0 saturated carbocycles. The van der Waals surface area contributed by atoms with Crippen molar-refractivity contribution in [1.29, 1.82) is 0 Å². The first-order valence-corrected chi connectivity index (χ1v) is 20.4. The molecule has 0 radical (unpaired) electrons. The molecule has 10 aromatic rings. The van der Waals surface area contributed by atoms with Crippen LogP contribution < -0.4 is 4.90 Å². The van der Waals surface area contributed by atoms with E-state index in [1.807, 2.05) is 36.4 Å². The highest BCUT2D eigenvalue weighted by Crippen LogP contribution is 2.61. The lowest BCUT2D eigenvalue weighted by Crippen LogP contribution is -2.21. The number of hydrogen-bond acceptors (Lipinski definition) is 2. The van der Waals surface area contributed by atoms with Gasteiger partial charge in [0.15, 0.2) is 5.69 Å². The van der Waals surface area contributed by atoms with Crippen LogP contribution in [-0.4, -0.2) is 4.57 Å². The molecular weight excluding hydrogens is 731 g/mol. The summed E-state index contributed by atoms with van der Waals surface area (Å²) < 4.78 is 9.01. The fourth-order valence-electron chi connectivity index (χ4n) is 9.55.